The first-order valence-electron chi connectivity index (χ1n) is 6.99. The average molecular weight is 351 g/mol. The number of aromatic nitrogens is 1. The van der Waals surface area contributed by atoms with Crippen LogP contribution >= 0.6 is 23.2 Å². The van der Waals surface area contributed by atoms with E-state index in [0.29, 0.717) is 28.7 Å². The summed E-state index contributed by atoms with van der Waals surface area (Å²) >= 11 is 11.8. The van der Waals surface area contributed by atoms with E-state index in [0.717, 1.165) is 5.69 Å². The van der Waals surface area contributed by atoms with Crippen molar-refractivity contribution in [2.45, 2.75) is 12.8 Å². The van der Waals surface area contributed by atoms with E-state index < -0.39 is 0 Å². The van der Waals surface area contributed by atoms with Crippen molar-refractivity contribution in [1.29, 1.82) is 0 Å². The molecule has 0 bridgehead atoms. The van der Waals surface area contributed by atoms with E-state index in [1.165, 1.54) is 0 Å². The quantitative estimate of drug-likeness (QED) is 0.618. The van der Waals surface area contributed by atoms with Gasteiger partial charge in [0.25, 0.3) is 5.91 Å². The third kappa shape index (κ3) is 5.88. The summed E-state index contributed by atoms with van der Waals surface area (Å²) in [5.41, 5.74) is 7.26. The number of aliphatic imine (C=N–C) groups is 1. The number of nitrogens with zero attached hydrogens (tertiary/aromatic N) is 2. The first-order chi connectivity index (χ1) is 11.0. The number of amidine groups is 1. The molecular formula is C16H16Cl2N4O. The van der Waals surface area contributed by atoms with Crippen LogP contribution in [0.2, 0.25) is 10.0 Å². The van der Waals surface area contributed by atoms with Crippen molar-refractivity contribution >= 4 is 40.6 Å². The van der Waals surface area contributed by atoms with Crippen LogP contribution in [-0.2, 0) is 11.2 Å². The second-order valence-electron chi connectivity index (χ2n) is 4.80. The van der Waals surface area contributed by atoms with Gasteiger partial charge in [-0.3, -0.25) is 9.78 Å². The van der Waals surface area contributed by atoms with Crippen molar-refractivity contribution in [3.8, 4) is 0 Å². The number of benzene rings is 1. The Labute approximate surface area is 144 Å². The van der Waals surface area contributed by atoms with Crippen LogP contribution in [0.3, 0.4) is 0 Å². The molecule has 0 aliphatic carbocycles. The number of pyridine rings is 1. The molecule has 1 aromatic heterocycles. The number of nitrogens with two attached hydrogens (primary N) is 1. The number of anilines is 1. The van der Waals surface area contributed by atoms with Gasteiger partial charge in [-0.05, 0) is 30.3 Å². The molecule has 7 heteroatoms. The number of amides is 1. The van der Waals surface area contributed by atoms with Gasteiger partial charge in [0.2, 0.25) is 0 Å². The molecule has 2 aromatic rings. The lowest BCUT2D eigenvalue weighted by Gasteiger charge is -2.07. The van der Waals surface area contributed by atoms with Gasteiger partial charge in [-0.1, -0.05) is 29.3 Å². The topological polar surface area (TPSA) is 80.4 Å². The largest absolute Gasteiger partial charge is 0.387 e. The number of halogens is 2. The maximum atomic E-state index is 11.8. The van der Waals surface area contributed by atoms with Gasteiger partial charge in [-0.25, -0.2) is 4.99 Å². The second kappa shape index (κ2) is 8.50. The van der Waals surface area contributed by atoms with Gasteiger partial charge in [-0.2, -0.15) is 0 Å². The highest BCUT2D eigenvalue weighted by Crippen LogP contribution is 2.24. The van der Waals surface area contributed by atoms with Crippen molar-refractivity contribution in [3.05, 3.63) is 58.3 Å². The van der Waals surface area contributed by atoms with Crippen LogP contribution in [0.4, 0.5) is 5.69 Å². The van der Waals surface area contributed by atoms with Crippen molar-refractivity contribution in [1.82, 2.24) is 4.98 Å². The number of carbonyl (C=O) groups is 1. The molecular weight excluding hydrogens is 335 g/mol. The molecule has 1 amide bonds. The van der Waals surface area contributed by atoms with Gasteiger partial charge in [0.1, 0.15) is 5.84 Å². The standard InChI is InChI=1S/C16H16Cl2N4O/c17-13-5-4-12(9-14(13)18)21-8-6-15(19)22-16(23)10-11-3-1-2-7-20-11/h1-5,7,9,21H,6,8,10H2,(H2,19,22,23). The van der Waals surface area contributed by atoms with Gasteiger partial charge in [0.15, 0.2) is 0 Å². The summed E-state index contributed by atoms with van der Waals surface area (Å²) in [6.45, 7) is 0.532. The van der Waals surface area contributed by atoms with E-state index in [-0.39, 0.29) is 18.2 Å². The maximum absolute atomic E-state index is 11.8. The summed E-state index contributed by atoms with van der Waals surface area (Å²) < 4.78 is 0. The molecule has 0 unspecified atom stereocenters. The molecule has 23 heavy (non-hydrogen) atoms. The van der Waals surface area contributed by atoms with E-state index >= 15 is 0 Å². The predicted octanol–water partition coefficient (Wildman–Crippen LogP) is 3.32. The summed E-state index contributed by atoms with van der Waals surface area (Å²) in [5, 5.41) is 4.11. The molecule has 0 atom stereocenters. The van der Waals surface area contributed by atoms with E-state index in [9.17, 15) is 4.79 Å². The SMILES string of the molecule is NC(CCNc1ccc(Cl)c(Cl)c1)=NC(=O)Cc1ccccn1. The van der Waals surface area contributed by atoms with Crippen LogP contribution in [0.15, 0.2) is 47.6 Å². The zero-order valence-corrected chi connectivity index (χ0v) is 13.8. The highest BCUT2D eigenvalue weighted by atomic mass is 35.5. The molecule has 2 rings (SSSR count). The van der Waals surface area contributed by atoms with Crippen LogP contribution < -0.4 is 11.1 Å². The molecule has 0 aliphatic rings. The molecule has 0 fully saturated rings. The third-order valence-corrected chi connectivity index (χ3v) is 3.70. The zero-order valence-electron chi connectivity index (χ0n) is 12.3. The minimum Gasteiger partial charge on any atom is -0.387 e. The molecule has 0 aliphatic heterocycles. The maximum Gasteiger partial charge on any atom is 0.253 e. The Morgan fingerprint density at radius 1 is 1.22 bits per heavy atom. The smallest absolute Gasteiger partial charge is 0.253 e. The molecule has 3 N–H and O–H groups in total. The Balaban J connectivity index is 1.80. The third-order valence-electron chi connectivity index (χ3n) is 2.96. The summed E-state index contributed by atoms with van der Waals surface area (Å²) in [5.74, 6) is -0.0331. The summed E-state index contributed by atoms with van der Waals surface area (Å²) in [6, 6.07) is 10.6. The van der Waals surface area contributed by atoms with Crippen molar-refractivity contribution in [3.63, 3.8) is 0 Å². The fourth-order valence-corrected chi connectivity index (χ4v) is 2.15. The lowest BCUT2D eigenvalue weighted by atomic mass is 10.2. The van der Waals surface area contributed by atoms with E-state index in [4.69, 9.17) is 28.9 Å². The predicted molar refractivity (Wildman–Crippen MR) is 94.1 cm³/mol. The summed E-state index contributed by atoms with van der Waals surface area (Å²) in [4.78, 5) is 19.7. The van der Waals surface area contributed by atoms with Gasteiger partial charge in [0.05, 0.1) is 16.5 Å². The molecule has 5 nitrogen and oxygen atoms in total. The molecule has 0 radical (unpaired) electrons. The lowest BCUT2D eigenvalue weighted by Crippen LogP contribution is -2.19. The van der Waals surface area contributed by atoms with E-state index in [1.807, 2.05) is 12.1 Å². The zero-order chi connectivity index (χ0) is 16.7. The van der Waals surface area contributed by atoms with Crippen LogP contribution in [0, 0.1) is 0 Å². The minimum absolute atomic E-state index is 0.141. The van der Waals surface area contributed by atoms with Gasteiger partial charge >= 0.3 is 0 Å². The van der Waals surface area contributed by atoms with Crippen molar-refractivity contribution in [2.24, 2.45) is 10.7 Å². The molecule has 0 saturated heterocycles. The van der Waals surface area contributed by atoms with Crippen LogP contribution in [0.5, 0.6) is 0 Å². The van der Waals surface area contributed by atoms with Gasteiger partial charge < -0.3 is 11.1 Å². The monoisotopic (exact) mass is 350 g/mol. The molecule has 0 spiro atoms. The molecule has 120 valence electrons. The van der Waals surface area contributed by atoms with Crippen LogP contribution in [0.25, 0.3) is 0 Å². The molecule has 1 heterocycles. The Bertz CT molecular complexity index is 704. The Kier molecular flexibility index (Phi) is 6.38. The highest BCUT2D eigenvalue weighted by Gasteiger charge is 2.04. The number of hydrogen-bond acceptors (Lipinski definition) is 3. The molecule has 1 aromatic carbocycles. The summed E-state index contributed by atoms with van der Waals surface area (Å²) in [7, 11) is 0. The fourth-order valence-electron chi connectivity index (χ4n) is 1.85. The summed E-state index contributed by atoms with van der Waals surface area (Å²) in [6.07, 6.45) is 2.22. The lowest BCUT2D eigenvalue weighted by molar-refractivity contribution is -0.117. The minimum atomic E-state index is -0.310. The van der Waals surface area contributed by atoms with Crippen LogP contribution in [-0.4, -0.2) is 23.3 Å². The highest BCUT2D eigenvalue weighted by molar-refractivity contribution is 6.42. The van der Waals surface area contributed by atoms with Crippen molar-refractivity contribution < 1.29 is 4.79 Å². The first kappa shape index (κ1) is 17.2. The Morgan fingerprint density at radius 2 is 2.04 bits per heavy atom. The number of rotatable bonds is 6. The molecule has 0 saturated carbocycles. The van der Waals surface area contributed by atoms with E-state index in [2.05, 4.69) is 15.3 Å². The number of carbonyl (C=O) groups excluding carboxylic acids is 1. The second-order valence-corrected chi connectivity index (χ2v) is 5.61. The van der Waals surface area contributed by atoms with Crippen LogP contribution in [0.1, 0.15) is 12.1 Å². The van der Waals surface area contributed by atoms with E-state index in [1.54, 1.807) is 30.5 Å². The first-order valence-corrected chi connectivity index (χ1v) is 7.75. The van der Waals surface area contributed by atoms with Crippen molar-refractivity contribution in [2.75, 3.05) is 11.9 Å². The number of hydrogen-bond donors (Lipinski definition) is 2. The fraction of sp³-hybridized carbons (Fsp3) is 0.188. The normalized spacial score (nSPS) is 11.3. The average Bonchev–Trinajstić information content (AvgIpc) is 2.51. The number of nitrogens with one attached hydrogen (secondary N) is 1. The van der Waals surface area contributed by atoms with Gasteiger partial charge in [0, 0.05) is 30.5 Å². The Morgan fingerprint density at radius 3 is 2.74 bits per heavy atom. The Hall–Kier alpha value is -2.11. The van der Waals surface area contributed by atoms with Gasteiger partial charge in [-0.15, -0.1) is 0 Å².